The third-order valence-corrected chi connectivity index (χ3v) is 10.7. The molecule has 0 radical (unpaired) electrons. The molecular weight excluding hydrogens is 747 g/mol. The fraction of sp³-hybridized carbons (Fsp3) is 0. The van der Waals surface area contributed by atoms with Crippen LogP contribution < -0.4 is 4.90 Å². The molecule has 8 aromatic carbocycles. The molecule has 0 fully saturated rings. The molecule has 61 heavy (non-hydrogen) atoms. The molecule has 0 heterocycles. The zero-order valence-electron chi connectivity index (χ0n) is 33.4. The number of allylic oxidation sites excluding steroid dienone is 4. The summed E-state index contributed by atoms with van der Waals surface area (Å²) in [6.45, 7) is 7.60. The quantitative estimate of drug-likeness (QED) is 0.0626. The van der Waals surface area contributed by atoms with Gasteiger partial charge in [0, 0.05) is 50.5 Å². The summed E-state index contributed by atoms with van der Waals surface area (Å²) in [4.78, 5) is 43.1. The van der Waals surface area contributed by atoms with Crippen molar-refractivity contribution in [1.29, 1.82) is 0 Å². The molecule has 292 valence electrons. The Morgan fingerprint density at radius 2 is 0.705 bits per heavy atom. The first-order valence-electron chi connectivity index (χ1n) is 20.0. The Kier molecular flexibility index (Phi) is 11.8. The number of carbonyl (C=O) groups is 3. The fourth-order valence-electron chi connectivity index (χ4n) is 7.62. The van der Waals surface area contributed by atoms with Crippen LogP contribution in [0, 0.1) is 0 Å². The maximum absolute atomic E-state index is 13.7. The van der Waals surface area contributed by atoms with E-state index in [1.807, 2.05) is 182 Å². The largest absolute Gasteiger partial charge is 0.311 e. The van der Waals surface area contributed by atoms with Crippen molar-refractivity contribution in [1.82, 2.24) is 0 Å². The summed E-state index contributed by atoms with van der Waals surface area (Å²) in [7, 11) is 0. The van der Waals surface area contributed by atoms with Crippen LogP contribution in [0.5, 0.6) is 0 Å². The Hall–Kier alpha value is -8.21. The number of hydrogen-bond acceptors (Lipinski definition) is 4. The summed E-state index contributed by atoms with van der Waals surface area (Å²) in [6, 6.07) is 66.2. The lowest BCUT2D eigenvalue weighted by Gasteiger charge is -2.26. The van der Waals surface area contributed by atoms with Crippen LogP contribution in [0.4, 0.5) is 17.1 Å². The molecule has 0 N–H and O–H groups in total. The SMILES string of the molecule is C=C/C=C(\C=C)C(=O)c1ccccc1-c1ccc(N(c2ccc(-c3ccccc3C(=O)c3ccccc3)cc2)c2ccc(-c3ccccc3C(=O)c3ccccc3)cc2)cc1. The molecular formula is C57H41NO3. The van der Waals surface area contributed by atoms with Crippen molar-refractivity contribution in [3.8, 4) is 33.4 Å². The lowest BCUT2D eigenvalue weighted by molar-refractivity contribution is 0.103. The number of ketones is 3. The van der Waals surface area contributed by atoms with Crippen LogP contribution in [0.2, 0.25) is 0 Å². The topological polar surface area (TPSA) is 54.5 Å². The van der Waals surface area contributed by atoms with Gasteiger partial charge in [-0.15, -0.1) is 0 Å². The average molecular weight is 788 g/mol. The highest BCUT2D eigenvalue weighted by Gasteiger charge is 2.20. The van der Waals surface area contributed by atoms with Gasteiger partial charge < -0.3 is 4.90 Å². The molecule has 0 aliphatic rings. The van der Waals surface area contributed by atoms with E-state index in [9.17, 15) is 14.4 Å². The second kappa shape index (κ2) is 18.2. The van der Waals surface area contributed by atoms with Crippen LogP contribution >= 0.6 is 0 Å². The highest BCUT2D eigenvalue weighted by molar-refractivity contribution is 6.15. The molecule has 0 bridgehead atoms. The molecule has 4 nitrogen and oxygen atoms in total. The summed E-state index contributed by atoms with van der Waals surface area (Å²) in [5.41, 5.74) is 11.5. The van der Waals surface area contributed by atoms with Crippen molar-refractivity contribution < 1.29 is 14.4 Å². The van der Waals surface area contributed by atoms with Gasteiger partial charge in [0.25, 0.3) is 0 Å². The molecule has 0 aliphatic carbocycles. The summed E-state index contributed by atoms with van der Waals surface area (Å²) in [5.74, 6) is -0.194. The Bertz CT molecular complexity index is 2770. The smallest absolute Gasteiger partial charge is 0.193 e. The summed E-state index contributed by atoms with van der Waals surface area (Å²) in [5, 5.41) is 0. The summed E-state index contributed by atoms with van der Waals surface area (Å²) >= 11 is 0. The maximum Gasteiger partial charge on any atom is 0.193 e. The van der Waals surface area contributed by atoms with Gasteiger partial charge in [-0.05, 0) is 69.8 Å². The lowest BCUT2D eigenvalue weighted by Crippen LogP contribution is -2.10. The Morgan fingerprint density at radius 1 is 0.377 bits per heavy atom. The summed E-state index contributed by atoms with van der Waals surface area (Å²) in [6.07, 6.45) is 4.81. The maximum atomic E-state index is 13.7. The van der Waals surface area contributed by atoms with Crippen molar-refractivity contribution in [2.24, 2.45) is 0 Å². The highest BCUT2D eigenvalue weighted by atomic mass is 16.1. The minimum Gasteiger partial charge on any atom is -0.311 e. The standard InChI is InChI=1S/C57H41NO3/c1-3-17-40(4-2)55(59)52-25-14-11-22-49(52)41-28-34-46(35-29-41)58(47-36-30-42(31-37-47)50-23-12-15-26-53(50)56(60)44-18-7-5-8-19-44)48-38-32-43(33-39-48)51-24-13-16-27-54(51)57(61)45-20-9-6-10-21-45/h3-39H,1-2H2/b40-17+. The van der Waals surface area contributed by atoms with Crippen LogP contribution in [0.3, 0.4) is 0 Å². The van der Waals surface area contributed by atoms with E-state index in [1.54, 1.807) is 18.2 Å². The third kappa shape index (κ3) is 8.38. The van der Waals surface area contributed by atoms with E-state index in [2.05, 4.69) is 42.3 Å². The van der Waals surface area contributed by atoms with E-state index in [4.69, 9.17) is 0 Å². The van der Waals surface area contributed by atoms with Gasteiger partial charge in [0.2, 0.25) is 0 Å². The van der Waals surface area contributed by atoms with Crippen LogP contribution in [0.1, 0.15) is 42.2 Å². The van der Waals surface area contributed by atoms with Crippen molar-refractivity contribution in [2.75, 3.05) is 4.90 Å². The van der Waals surface area contributed by atoms with E-state index in [-0.39, 0.29) is 17.3 Å². The number of rotatable bonds is 14. The fourth-order valence-corrected chi connectivity index (χ4v) is 7.62. The van der Waals surface area contributed by atoms with E-state index < -0.39 is 0 Å². The van der Waals surface area contributed by atoms with Crippen molar-refractivity contribution in [3.63, 3.8) is 0 Å². The first-order chi connectivity index (χ1) is 29.9. The number of Topliss-reactive ketones (excluding diaryl/α,β-unsaturated/α-hetero) is 1. The van der Waals surface area contributed by atoms with Crippen LogP contribution in [-0.4, -0.2) is 17.3 Å². The average Bonchev–Trinajstić information content (AvgIpc) is 3.34. The Balaban J connectivity index is 1.18. The molecule has 0 aliphatic heterocycles. The lowest BCUT2D eigenvalue weighted by atomic mass is 9.93. The van der Waals surface area contributed by atoms with Crippen LogP contribution in [0.15, 0.2) is 243 Å². The van der Waals surface area contributed by atoms with Gasteiger partial charge in [0.15, 0.2) is 17.3 Å². The van der Waals surface area contributed by atoms with E-state index in [0.717, 1.165) is 50.4 Å². The second-order valence-corrected chi connectivity index (χ2v) is 14.4. The van der Waals surface area contributed by atoms with E-state index >= 15 is 0 Å². The first kappa shape index (κ1) is 39.6. The van der Waals surface area contributed by atoms with Gasteiger partial charge in [0.1, 0.15) is 0 Å². The molecule has 0 aromatic heterocycles. The van der Waals surface area contributed by atoms with Gasteiger partial charge in [-0.1, -0.05) is 201 Å². The Labute approximate surface area is 356 Å². The first-order valence-corrected chi connectivity index (χ1v) is 20.0. The molecule has 8 aromatic rings. The normalized spacial score (nSPS) is 11.0. The van der Waals surface area contributed by atoms with E-state index in [0.29, 0.717) is 33.4 Å². The van der Waals surface area contributed by atoms with Gasteiger partial charge in [-0.3, -0.25) is 14.4 Å². The van der Waals surface area contributed by atoms with Crippen molar-refractivity contribution in [2.45, 2.75) is 0 Å². The molecule has 0 saturated carbocycles. The zero-order valence-corrected chi connectivity index (χ0v) is 33.4. The molecule has 0 atom stereocenters. The van der Waals surface area contributed by atoms with Crippen molar-refractivity contribution >= 4 is 34.4 Å². The van der Waals surface area contributed by atoms with E-state index in [1.165, 1.54) is 0 Å². The minimum absolute atomic E-state index is 0.0326. The van der Waals surface area contributed by atoms with Gasteiger partial charge in [-0.2, -0.15) is 0 Å². The highest BCUT2D eigenvalue weighted by Crippen LogP contribution is 2.39. The van der Waals surface area contributed by atoms with Gasteiger partial charge >= 0.3 is 0 Å². The second-order valence-electron chi connectivity index (χ2n) is 14.4. The van der Waals surface area contributed by atoms with Gasteiger partial charge in [-0.25, -0.2) is 0 Å². The van der Waals surface area contributed by atoms with Crippen LogP contribution in [0.25, 0.3) is 33.4 Å². The number of benzene rings is 8. The number of hydrogen-bond donors (Lipinski definition) is 0. The summed E-state index contributed by atoms with van der Waals surface area (Å²) < 4.78 is 0. The van der Waals surface area contributed by atoms with Crippen LogP contribution in [-0.2, 0) is 0 Å². The molecule has 8 rings (SSSR count). The molecule has 0 spiro atoms. The predicted molar refractivity (Wildman–Crippen MR) is 250 cm³/mol. The zero-order chi connectivity index (χ0) is 42.1. The third-order valence-electron chi connectivity index (χ3n) is 10.7. The molecule has 0 amide bonds. The monoisotopic (exact) mass is 787 g/mol. The number of carbonyl (C=O) groups excluding carboxylic acids is 3. The predicted octanol–water partition coefficient (Wildman–Crippen LogP) is 14.1. The van der Waals surface area contributed by atoms with Crippen molar-refractivity contribution in [3.05, 3.63) is 271 Å². The molecule has 0 unspecified atom stereocenters. The Morgan fingerprint density at radius 3 is 1.07 bits per heavy atom. The van der Waals surface area contributed by atoms with Gasteiger partial charge in [0.05, 0.1) is 0 Å². The molecule has 4 heteroatoms. The minimum atomic E-state index is -0.129. The molecule has 0 saturated heterocycles. The number of anilines is 3. The number of nitrogens with zero attached hydrogens (tertiary/aromatic N) is 1.